The Morgan fingerprint density at radius 1 is 1.25 bits per heavy atom. The molecule has 4 nitrogen and oxygen atoms in total. The smallest absolute Gasteiger partial charge is 0.174 e. The first-order valence-corrected chi connectivity index (χ1v) is 8.04. The minimum Gasteiger partial charge on any atom is -0.492 e. The molecule has 2 aromatic rings. The van der Waals surface area contributed by atoms with E-state index in [2.05, 4.69) is 28.1 Å². The van der Waals surface area contributed by atoms with Crippen molar-refractivity contribution in [3.8, 4) is 23.6 Å². The SMILES string of the molecule is CCOc1cc(/C=C(/C#N)c2cccc(C#N)c2)cc(Br)c1OC. The lowest BCUT2D eigenvalue weighted by molar-refractivity contribution is 0.310. The van der Waals surface area contributed by atoms with E-state index < -0.39 is 0 Å². The number of halogens is 1. The van der Waals surface area contributed by atoms with E-state index >= 15 is 0 Å². The number of nitriles is 2. The number of allylic oxidation sites excluding steroid dienone is 1. The number of hydrogen-bond acceptors (Lipinski definition) is 4. The van der Waals surface area contributed by atoms with E-state index in [-0.39, 0.29) is 0 Å². The zero-order valence-corrected chi connectivity index (χ0v) is 14.9. The van der Waals surface area contributed by atoms with Gasteiger partial charge in [0.05, 0.1) is 41.5 Å². The fourth-order valence-corrected chi connectivity index (χ4v) is 2.86. The van der Waals surface area contributed by atoms with Crippen molar-refractivity contribution in [2.24, 2.45) is 0 Å². The lowest BCUT2D eigenvalue weighted by Crippen LogP contribution is -1.96. The molecule has 0 aromatic heterocycles. The largest absolute Gasteiger partial charge is 0.492 e. The average Bonchev–Trinajstić information content (AvgIpc) is 2.60. The molecule has 0 unspecified atom stereocenters. The molecule has 0 aliphatic rings. The van der Waals surface area contributed by atoms with Crippen LogP contribution in [0.3, 0.4) is 0 Å². The van der Waals surface area contributed by atoms with Gasteiger partial charge in [-0.15, -0.1) is 0 Å². The van der Waals surface area contributed by atoms with Gasteiger partial charge < -0.3 is 9.47 Å². The number of benzene rings is 2. The summed E-state index contributed by atoms with van der Waals surface area (Å²) >= 11 is 3.46. The second-order valence-corrected chi connectivity index (χ2v) is 5.68. The van der Waals surface area contributed by atoms with Gasteiger partial charge in [0.15, 0.2) is 11.5 Å². The summed E-state index contributed by atoms with van der Waals surface area (Å²) in [7, 11) is 1.58. The Hall–Kier alpha value is -2.76. The maximum absolute atomic E-state index is 9.48. The van der Waals surface area contributed by atoms with Crippen LogP contribution in [-0.4, -0.2) is 13.7 Å². The van der Waals surface area contributed by atoms with Gasteiger partial charge in [-0.1, -0.05) is 12.1 Å². The lowest BCUT2D eigenvalue weighted by Gasteiger charge is -2.12. The summed E-state index contributed by atoms with van der Waals surface area (Å²) in [6.07, 6.45) is 1.75. The van der Waals surface area contributed by atoms with Crippen molar-refractivity contribution in [3.05, 3.63) is 57.6 Å². The highest BCUT2D eigenvalue weighted by Gasteiger charge is 2.11. The Labute approximate surface area is 149 Å². The molecule has 120 valence electrons. The van der Waals surface area contributed by atoms with Crippen LogP contribution in [0.25, 0.3) is 11.6 Å². The van der Waals surface area contributed by atoms with Gasteiger partial charge in [0, 0.05) is 0 Å². The van der Waals surface area contributed by atoms with Crippen LogP contribution < -0.4 is 9.47 Å². The molecule has 0 fully saturated rings. The summed E-state index contributed by atoms with van der Waals surface area (Å²) in [6.45, 7) is 2.40. The Bertz CT molecular complexity index is 861. The zero-order chi connectivity index (χ0) is 17.5. The van der Waals surface area contributed by atoms with Crippen LogP contribution in [0, 0.1) is 22.7 Å². The molecule has 24 heavy (non-hydrogen) atoms. The van der Waals surface area contributed by atoms with Crippen LogP contribution in [0.5, 0.6) is 11.5 Å². The van der Waals surface area contributed by atoms with Crippen molar-refractivity contribution in [1.82, 2.24) is 0 Å². The first kappa shape index (κ1) is 17.6. The molecule has 0 heterocycles. The van der Waals surface area contributed by atoms with Crippen molar-refractivity contribution >= 4 is 27.6 Å². The minimum absolute atomic E-state index is 0.464. The number of ether oxygens (including phenoxy) is 2. The summed E-state index contributed by atoms with van der Waals surface area (Å²) in [4.78, 5) is 0. The molecule has 0 bridgehead atoms. The third kappa shape index (κ3) is 3.95. The normalized spacial score (nSPS) is 10.6. The standard InChI is InChI=1S/C19H15BrN2O2/c1-3-24-18-10-14(9-17(20)19(18)23-2)8-16(12-22)15-6-4-5-13(7-15)11-21/h4-10H,3H2,1-2H3/b16-8-. The van der Waals surface area contributed by atoms with E-state index in [1.54, 1.807) is 37.5 Å². The predicted octanol–water partition coefficient (Wildman–Crippen LogP) is 4.79. The topological polar surface area (TPSA) is 66.0 Å². The summed E-state index contributed by atoms with van der Waals surface area (Å²) in [6, 6.07) is 14.9. The molecule has 2 rings (SSSR count). The highest BCUT2D eigenvalue weighted by Crippen LogP contribution is 2.37. The molecule has 0 atom stereocenters. The fraction of sp³-hybridized carbons (Fsp3) is 0.158. The van der Waals surface area contributed by atoms with Crippen LogP contribution in [0.15, 0.2) is 40.9 Å². The Balaban J connectivity index is 2.52. The highest BCUT2D eigenvalue weighted by atomic mass is 79.9. The fourth-order valence-electron chi connectivity index (χ4n) is 2.24. The van der Waals surface area contributed by atoms with E-state index in [0.717, 1.165) is 10.0 Å². The van der Waals surface area contributed by atoms with E-state index in [1.807, 2.05) is 19.1 Å². The molecular weight excluding hydrogens is 368 g/mol. The molecule has 0 aliphatic carbocycles. The summed E-state index contributed by atoms with van der Waals surface area (Å²) in [5.41, 5.74) is 2.47. The molecule has 2 aromatic carbocycles. The quantitative estimate of drug-likeness (QED) is 0.550. The van der Waals surface area contributed by atoms with Crippen molar-refractivity contribution < 1.29 is 9.47 Å². The van der Waals surface area contributed by atoms with Crippen molar-refractivity contribution in [2.45, 2.75) is 6.92 Å². The second-order valence-electron chi connectivity index (χ2n) is 4.83. The van der Waals surface area contributed by atoms with Gasteiger partial charge in [-0.3, -0.25) is 0 Å². The maximum atomic E-state index is 9.48. The molecular formula is C19H15BrN2O2. The van der Waals surface area contributed by atoms with Crippen LogP contribution >= 0.6 is 15.9 Å². The van der Waals surface area contributed by atoms with E-state index in [0.29, 0.717) is 34.8 Å². The van der Waals surface area contributed by atoms with E-state index in [9.17, 15) is 5.26 Å². The van der Waals surface area contributed by atoms with Gasteiger partial charge in [0.2, 0.25) is 0 Å². The zero-order valence-electron chi connectivity index (χ0n) is 13.3. The molecule has 0 saturated heterocycles. The van der Waals surface area contributed by atoms with E-state index in [4.69, 9.17) is 14.7 Å². The van der Waals surface area contributed by atoms with Crippen LogP contribution in [0.2, 0.25) is 0 Å². The number of nitrogens with zero attached hydrogens (tertiary/aromatic N) is 2. The summed E-state index contributed by atoms with van der Waals surface area (Å²) in [5.74, 6) is 1.21. The van der Waals surface area contributed by atoms with Gasteiger partial charge in [-0.25, -0.2) is 0 Å². The summed E-state index contributed by atoms with van der Waals surface area (Å²) < 4.78 is 11.7. The first-order chi connectivity index (χ1) is 11.6. The lowest BCUT2D eigenvalue weighted by atomic mass is 10.0. The number of methoxy groups -OCH3 is 1. The molecule has 0 radical (unpaired) electrons. The van der Waals surface area contributed by atoms with Gasteiger partial charge in [-0.05, 0) is 64.3 Å². The van der Waals surface area contributed by atoms with Crippen molar-refractivity contribution in [3.63, 3.8) is 0 Å². The van der Waals surface area contributed by atoms with Gasteiger partial charge in [0.25, 0.3) is 0 Å². The first-order valence-electron chi connectivity index (χ1n) is 7.25. The van der Waals surface area contributed by atoms with Crippen molar-refractivity contribution in [2.75, 3.05) is 13.7 Å². The molecule has 0 aliphatic heterocycles. The average molecular weight is 383 g/mol. The molecule has 5 heteroatoms. The van der Waals surface area contributed by atoms with Crippen LogP contribution in [-0.2, 0) is 0 Å². The third-order valence-corrected chi connectivity index (χ3v) is 3.86. The number of rotatable bonds is 5. The molecule has 0 N–H and O–H groups in total. The van der Waals surface area contributed by atoms with Gasteiger partial charge >= 0.3 is 0 Å². The molecule has 0 spiro atoms. The maximum Gasteiger partial charge on any atom is 0.174 e. The van der Waals surface area contributed by atoms with Gasteiger partial charge in [-0.2, -0.15) is 10.5 Å². The predicted molar refractivity (Wildman–Crippen MR) is 96.5 cm³/mol. The molecule has 0 amide bonds. The van der Waals surface area contributed by atoms with Crippen LogP contribution in [0.1, 0.15) is 23.6 Å². The number of hydrogen-bond donors (Lipinski definition) is 0. The van der Waals surface area contributed by atoms with Crippen LogP contribution in [0.4, 0.5) is 0 Å². The Morgan fingerprint density at radius 2 is 2.04 bits per heavy atom. The third-order valence-electron chi connectivity index (χ3n) is 3.27. The Kier molecular flexibility index (Phi) is 6.01. The van der Waals surface area contributed by atoms with E-state index in [1.165, 1.54) is 0 Å². The Morgan fingerprint density at radius 3 is 2.67 bits per heavy atom. The van der Waals surface area contributed by atoms with Gasteiger partial charge in [0.1, 0.15) is 0 Å². The summed E-state index contributed by atoms with van der Waals surface area (Å²) in [5, 5.41) is 18.5. The monoisotopic (exact) mass is 382 g/mol. The molecule has 0 saturated carbocycles. The highest BCUT2D eigenvalue weighted by molar-refractivity contribution is 9.10. The second kappa shape index (κ2) is 8.19. The van der Waals surface area contributed by atoms with Crippen molar-refractivity contribution in [1.29, 1.82) is 10.5 Å². The minimum atomic E-state index is 0.464.